The maximum absolute atomic E-state index is 13.3. The van der Waals surface area contributed by atoms with Crippen molar-refractivity contribution < 1.29 is 8.42 Å². The summed E-state index contributed by atoms with van der Waals surface area (Å²) in [6.45, 7) is 10.3. The van der Waals surface area contributed by atoms with Gasteiger partial charge in [-0.25, -0.2) is 8.42 Å². The Labute approximate surface area is 204 Å². The number of pyridine rings is 1. The fraction of sp³-hybridized carbons (Fsp3) is 0.464. The van der Waals surface area contributed by atoms with Gasteiger partial charge in [0.2, 0.25) is 0 Å². The number of nitrogens with one attached hydrogen (secondary N) is 1. The van der Waals surface area contributed by atoms with Crippen LogP contribution in [0.3, 0.4) is 0 Å². The molecule has 6 heteroatoms. The van der Waals surface area contributed by atoms with Gasteiger partial charge in [-0.05, 0) is 67.1 Å². The number of piperidine rings is 1. The van der Waals surface area contributed by atoms with Crippen LogP contribution < -0.4 is 4.72 Å². The first kappa shape index (κ1) is 24.7. The minimum absolute atomic E-state index is 0.0203. The summed E-state index contributed by atoms with van der Waals surface area (Å²) in [5, 5.41) is 1.48. The standard InChI is InChI=1S/C28H37N3O2S/c1-4-5-6-7-17-31-18-15-28(3,22(2)21-31)24-11-9-12-25(19-24)30-34(32,33)27-13-8-10-23-20-29-16-14-26(23)27/h8-14,16,19-20,22,30H,4-7,15,17-18,21H2,1-3H3. The summed E-state index contributed by atoms with van der Waals surface area (Å²) < 4.78 is 29.4. The molecule has 1 aliphatic heterocycles. The second-order valence-corrected chi connectivity index (χ2v) is 11.6. The zero-order valence-corrected chi connectivity index (χ0v) is 21.4. The fourth-order valence-electron chi connectivity index (χ4n) is 5.19. The molecule has 5 nitrogen and oxygen atoms in total. The number of unbranched alkanes of at least 4 members (excludes halogenated alkanes) is 3. The maximum Gasteiger partial charge on any atom is 0.262 e. The molecule has 4 rings (SSSR count). The third-order valence-electron chi connectivity index (χ3n) is 7.60. The molecule has 1 saturated heterocycles. The van der Waals surface area contributed by atoms with Crippen LogP contribution in [-0.2, 0) is 15.4 Å². The quantitative estimate of drug-likeness (QED) is 0.370. The summed E-state index contributed by atoms with van der Waals surface area (Å²) in [5.41, 5.74) is 1.83. The lowest BCUT2D eigenvalue weighted by atomic mass is 9.68. The molecule has 0 aliphatic carbocycles. The average molecular weight is 480 g/mol. The summed E-state index contributed by atoms with van der Waals surface area (Å²) in [6.07, 6.45) is 9.57. The number of sulfonamides is 1. The van der Waals surface area contributed by atoms with Crippen molar-refractivity contribution in [2.24, 2.45) is 5.92 Å². The molecule has 2 aromatic carbocycles. The van der Waals surface area contributed by atoms with Gasteiger partial charge in [-0.3, -0.25) is 9.71 Å². The van der Waals surface area contributed by atoms with Gasteiger partial charge in [0, 0.05) is 35.4 Å². The topological polar surface area (TPSA) is 62.3 Å². The normalized spacial score (nSPS) is 21.6. The largest absolute Gasteiger partial charge is 0.303 e. The molecule has 2 atom stereocenters. The highest BCUT2D eigenvalue weighted by Gasteiger charge is 2.38. The molecule has 2 heterocycles. The molecule has 2 unspecified atom stereocenters. The lowest BCUT2D eigenvalue weighted by Gasteiger charge is -2.45. The van der Waals surface area contributed by atoms with E-state index in [0.29, 0.717) is 17.0 Å². The number of anilines is 1. The van der Waals surface area contributed by atoms with E-state index in [1.54, 1.807) is 30.6 Å². The van der Waals surface area contributed by atoms with Gasteiger partial charge in [0.05, 0.1) is 4.90 Å². The Morgan fingerprint density at radius 3 is 2.74 bits per heavy atom. The van der Waals surface area contributed by atoms with Crippen LogP contribution in [0.15, 0.2) is 65.8 Å². The van der Waals surface area contributed by atoms with Crippen LogP contribution in [0.4, 0.5) is 5.69 Å². The number of rotatable bonds is 9. The summed E-state index contributed by atoms with van der Waals surface area (Å²) in [7, 11) is -3.73. The van der Waals surface area contributed by atoms with Gasteiger partial charge in [-0.1, -0.05) is 64.3 Å². The minimum atomic E-state index is -3.73. The lowest BCUT2D eigenvalue weighted by molar-refractivity contribution is 0.109. The van der Waals surface area contributed by atoms with E-state index in [0.717, 1.165) is 24.9 Å². The van der Waals surface area contributed by atoms with Crippen molar-refractivity contribution >= 4 is 26.5 Å². The smallest absolute Gasteiger partial charge is 0.262 e. The van der Waals surface area contributed by atoms with Crippen molar-refractivity contribution in [1.29, 1.82) is 0 Å². The first-order valence-corrected chi connectivity index (χ1v) is 14.0. The highest BCUT2D eigenvalue weighted by atomic mass is 32.2. The van der Waals surface area contributed by atoms with E-state index < -0.39 is 10.0 Å². The first-order valence-electron chi connectivity index (χ1n) is 12.5. The zero-order valence-electron chi connectivity index (χ0n) is 20.6. The molecule has 0 amide bonds. The molecular weight excluding hydrogens is 442 g/mol. The highest BCUT2D eigenvalue weighted by Crippen LogP contribution is 2.40. The van der Waals surface area contributed by atoms with E-state index in [1.165, 1.54) is 37.8 Å². The van der Waals surface area contributed by atoms with Gasteiger partial charge >= 0.3 is 0 Å². The summed E-state index contributed by atoms with van der Waals surface area (Å²) in [4.78, 5) is 6.98. The first-order chi connectivity index (χ1) is 16.3. The van der Waals surface area contributed by atoms with Crippen LogP contribution >= 0.6 is 0 Å². The fourth-order valence-corrected chi connectivity index (χ4v) is 6.47. The zero-order chi connectivity index (χ0) is 24.2. The summed E-state index contributed by atoms with van der Waals surface area (Å²) >= 11 is 0. The number of hydrogen-bond acceptors (Lipinski definition) is 4. The van der Waals surface area contributed by atoms with Crippen LogP contribution in [0.25, 0.3) is 10.8 Å². The number of fused-ring (bicyclic) bond motifs is 1. The third-order valence-corrected chi connectivity index (χ3v) is 9.04. The molecule has 0 bridgehead atoms. The molecule has 0 radical (unpaired) electrons. The van der Waals surface area contributed by atoms with Crippen LogP contribution in [0.1, 0.15) is 58.4 Å². The van der Waals surface area contributed by atoms with Crippen molar-refractivity contribution in [2.75, 3.05) is 24.4 Å². The van der Waals surface area contributed by atoms with Gasteiger partial charge in [0.25, 0.3) is 10.0 Å². The predicted molar refractivity (Wildman–Crippen MR) is 141 cm³/mol. The number of nitrogens with zero attached hydrogens (tertiary/aromatic N) is 2. The Morgan fingerprint density at radius 1 is 1.12 bits per heavy atom. The van der Waals surface area contributed by atoms with Gasteiger partial charge < -0.3 is 4.90 Å². The Balaban J connectivity index is 1.51. The van der Waals surface area contributed by atoms with Crippen molar-refractivity contribution in [2.45, 2.75) is 63.2 Å². The number of hydrogen-bond donors (Lipinski definition) is 1. The number of likely N-dealkylation sites (tertiary alicyclic amines) is 1. The predicted octanol–water partition coefficient (Wildman–Crippen LogP) is 6.22. The van der Waals surface area contributed by atoms with E-state index in [1.807, 2.05) is 24.3 Å². The van der Waals surface area contributed by atoms with Gasteiger partial charge in [-0.15, -0.1) is 0 Å². The Bertz CT molecular complexity index is 1220. The van der Waals surface area contributed by atoms with E-state index in [2.05, 4.69) is 41.4 Å². The van der Waals surface area contributed by atoms with Crippen LogP contribution in [0.5, 0.6) is 0 Å². The van der Waals surface area contributed by atoms with Crippen LogP contribution in [-0.4, -0.2) is 37.9 Å². The van der Waals surface area contributed by atoms with Crippen molar-refractivity contribution in [3.63, 3.8) is 0 Å². The monoisotopic (exact) mass is 479 g/mol. The molecule has 0 spiro atoms. The highest BCUT2D eigenvalue weighted by molar-refractivity contribution is 7.93. The number of aromatic nitrogens is 1. The van der Waals surface area contributed by atoms with Crippen molar-refractivity contribution in [3.05, 3.63) is 66.5 Å². The van der Waals surface area contributed by atoms with Crippen molar-refractivity contribution in [1.82, 2.24) is 9.88 Å². The average Bonchev–Trinajstić information content (AvgIpc) is 2.83. The van der Waals surface area contributed by atoms with Gasteiger partial charge in [-0.2, -0.15) is 0 Å². The molecule has 0 saturated carbocycles. The molecular formula is C28H37N3O2S. The van der Waals surface area contributed by atoms with Gasteiger partial charge in [0.1, 0.15) is 0 Å². The Kier molecular flexibility index (Phi) is 7.58. The molecule has 1 aliphatic rings. The van der Waals surface area contributed by atoms with Gasteiger partial charge in [0.15, 0.2) is 0 Å². The van der Waals surface area contributed by atoms with Crippen LogP contribution in [0, 0.1) is 5.92 Å². The second kappa shape index (κ2) is 10.4. The SMILES string of the molecule is CCCCCCN1CCC(C)(c2cccc(NS(=O)(=O)c3cccc4cnccc34)c2)C(C)C1. The molecule has 1 fully saturated rings. The molecule has 182 valence electrons. The lowest BCUT2D eigenvalue weighted by Crippen LogP contribution is -2.47. The molecule has 3 aromatic rings. The number of benzene rings is 2. The van der Waals surface area contributed by atoms with Crippen molar-refractivity contribution in [3.8, 4) is 0 Å². The summed E-state index contributed by atoms with van der Waals surface area (Å²) in [5.74, 6) is 0.491. The second-order valence-electron chi connectivity index (χ2n) is 9.97. The minimum Gasteiger partial charge on any atom is -0.303 e. The molecule has 1 N–H and O–H groups in total. The Hall–Kier alpha value is -2.44. The third kappa shape index (κ3) is 5.28. The van der Waals surface area contributed by atoms with E-state index in [9.17, 15) is 8.42 Å². The Morgan fingerprint density at radius 2 is 1.94 bits per heavy atom. The molecule has 1 aromatic heterocycles. The van der Waals surface area contributed by atoms with E-state index in [-0.39, 0.29) is 10.3 Å². The van der Waals surface area contributed by atoms with E-state index >= 15 is 0 Å². The molecule has 34 heavy (non-hydrogen) atoms. The summed E-state index contributed by atoms with van der Waals surface area (Å²) in [6, 6.07) is 15.0. The van der Waals surface area contributed by atoms with E-state index in [4.69, 9.17) is 0 Å². The van der Waals surface area contributed by atoms with Crippen LogP contribution in [0.2, 0.25) is 0 Å². The maximum atomic E-state index is 13.3.